The Bertz CT molecular complexity index is 622. The molecule has 0 saturated carbocycles. The van der Waals surface area contributed by atoms with Gasteiger partial charge in [0.25, 0.3) is 0 Å². The van der Waals surface area contributed by atoms with Gasteiger partial charge in [-0.05, 0) is 34.1 Å². The number of pyridine rings is 1. The Morgan fingerprint density at radius 2 is 2.16 bits per heavy atom. The maximum Gasteiger partial charge on any atom is 0.304 e. The van der Waals surface area contributed by atoms with Gasteiger partial charge in [0, 0.05) is 17.8 Å². The number of aromatic nitrogens is 1. The molecule has 0 saturated heterocycles. The van der Waals surface area contributed by atoms with Crippen LogP contribution in [0.4, 0.5) is 15.8 Å². The zero-order valence-electron chi connectivity index (χ0n) is 9.64. The Balaban J connectivity index is 2.08. The molecule has 19 heavy (non-hydrogen) atoms. The maximum atomic E-state index is 13.4. The van der Waals surface area contributed by atoms with Crippen molar-refractivity contribution in [2.75, 3.05) is 5.32 Å². The molecule has 0 spiro atoms. The number of nitrogens with one attached hydrogen (secondary N) is 1. The summed E-state index contributed by atoms with van der Waals surface area (Å²) >= 11 is 3.25. The van der Waals surface area contributed by atoms with E-state index >= 15 is 0 Å². The lowest BCUT2D eigenvalue weighted by Gasteiger charge is -2.06. The summed E-state index contributed by atoms with van der Waals surface area (Å²) in [7, 11) is 0. The van der Waals surface area contributed by atoms with Crippen LogP contribution in [0.15, 0.2) is 41.0 Å². The summed E-state index contributed by atoms with van der Waals surface area (Å²) in [5, 5.41) is 13.4. The average Bonchev–Trinajstić information content (AvgIpc) is 2.36. The van der Waals surface area contributed by atoms with Gasteiger partial charge in [0.2, 0.25) is 5.82 Å². The second-order valence-corrected chi connectivity index (χ2v) is 4.54. The first-order chi connectivity index (χ1) is 9.06. The average molecular weight is 326 g/mol. The van der Waals surface area contributed by atoms with Gasteiger partial charge in [0.15, 0.2) is 0 Å². The third-order valence-corrected chi connectivity index (χ3v) is 2.83. The molecule has 7 heteroatoms. The molecular weight excluding hydrogens is 317 g/mol. The Kier molecular flexibility index (Phi) is 4.06. The molecule has 5 nitrogen and oxygen atoms in total. The standard InChI is InChI=1S/C12H9BrFN3O2/c13-12-3-1-2-9(16-12)7-15-8-4-5-11(17(18)19)10(14)6-8/h1-6,15H,7H2. The fourth-order valence-corrected chi connectivity index (χ4v) is 1.89. The second kappa shape index (κ2) is 5.75. The predicted molar refractivity (Wildman–Crippen MR) is 72.3 cm³/mol. The molecule has 1 N–H and O–H groups in total. The van der Waals surface area contributed by atoms with Crippen LogP contribution < -0.4 is 5.32 Å². The molecule has 2 rings (SSSR count). The molecule has 98 valence electrons. The minimum absolute atomic E-state index is 0.399. The van der Waals surface area contributed by atoms with Gasteiger partial charge in [-0.2, -0.15) is 4.39 Å². The van der Waals surface area contributed by atoms with Gasteiger partial charge in [-0.15, -0.1) is 0 Å². The number of nitro benzene ring substituents is 1. The molecule has 0 unspecified atom stereocenters. The summed E-state index contributed by atoms with van der Waals surface area (Å²) in [5.74, 6) is -0.864. The fraction of sp³-hybridized carbons (Fsp3) is 0.0833. The molecular formula is C12H9BrFN3O2. The molecule has 0 fully saturated rings. The number of halogens is 2. The molecule has 1 aromatic heterocycles. The van der Waals surface area contributed by atoms with Crippen molar-refractivity contribution < 1.29 is 9.31 Å². The quantitative estimate of drug-likeness (QED) is 0.530. The Morgan fingerprint density at radius 3 is 2.79 bits per heavy atom. The van der Waals surface area contributed by atoms with E-state index in [0.717, 1.165) is 17.8 Å². The van der Waals surface area contributed by atoms with Crippen LogP contribution in [-0.4, -0.2) is 9.91 Å². The molecule has 0 aliphatic carbocycles. The van der Waals surface area contributed by atoms with Gasteiger partial charge in [-0.25, -0.2) is 4.98 Å². The van der Waals surface area contributed by atoms with Gasteiger partial charge in [-0.1, -0.05) is 6.07 Å². The largest absolute Gasteiger partial charge is 0.379 e. The van der Waals surface area contributed by atoms with Crippen molar-refractivity contribution in [2.24, 2.45) is 0 Å². The molecule has 0 radical (unpaired) electrons. The zero-order valence-corrected chi connectivity index (χ0v) is 11.2. The lowest BCUT2D eigenvalue weighted by molar-refractivity contribution is -0.387. The van der Waals surface area contributed by atoms with E-state index in [2.05, 4.69) is 26.2 Å². The number of anilines is 1. The second-order valence-electron chi connectivity index (χ2n) is 3.73. The summed E-state index contributed by atoms with van der Waals surface area (Å²) in [5.41, 5.74) is 0.698. The summed E-state index contributed by atoms with van der Waals surface area (Å²) in [6.45, 7) is 0.399. The summed E-state index contributed by atoms with van der Waals surface area (Å²) < 4.78 is 14.1. The molecule has 0 atom stereocenters. The third kappa shape index (κ3) is 3.47. The Morgan fingerprint density at radius 1 is 1.37 bits per heavy atom. The van der Waals surface area contributed by atoms with Crippen molar-refractivity contribution in [3.8, 4) is 0 Å². The van der Waals surface area contributed by atoms with Crippen molar-refractivity contribution in [3.63, 3.8) is 0 Å². The number of rotatable bonds is 4. The van der Waals surface area contributed by atoms with Crippen LogP contribution in [0, 0.1) is 15.9 Å². The van der Waals surface area contributed by atoms with Gasteiger partial charge in [0.1, 0.15) is 4.60 Å². The summed E-state index contributed by atoms with van der Waals surface area (Å²) in [4.78, 5) is 13.9. The van der Waals surface area contributed by atoms with E-state index in [1.54, 1.807) is 6.07 Å². The smallest absolute Gasteiger partial charge is 0.304 e. The van der Waals surface area contributed by atoms with E-state index in [1.165, 1.54) is 6.07 Å². The molecule has 0 amide bonds. The van der Waals surface area contributed by atoms with Crippen LogP contribution >= 0.6 is 15.9 Å². The van der Waals surface area contributed by atoms with Crippen molar-refractivity contribution in [2.45, 2.75) is 6.54 Å². The molecule has 0 aliphatic heterocycles. The van der Waals surface area contributed by atoms with Crippen LogP contribution in [0.25, 0.3) is 0 Å². The first-order valence-corrected chi connectivity index (χ1v) is 6.15. The third-order valence-electron chi connectivity index (χ3n) is 2.39. The SMILES string of the molecule is O=[N+]([O-])c1ccc(NCc2cccc(Br)n2)cc1F. The van der Waals surface area contributed by atoms with Gasteiger partial charge in [-0.3, -0.25) is 10.1 Å². The predicted octanol–water partition coefficient (Wildman–Crippen LogP) is 3.50. The van der Waals surface area contributed by atoms with Crippen LogP contribution in [-0.2, 0) is 6.54 Å². The van der Waals surface area contributed by atoms with Gasteiger partial charge in [0.05, 0.1) is 17.2 Å². The van der Waals surface area contributed by atoms with Crippen LogP contribution in [0.2, 0.25) is 0 Å². The first kappa shape index (κ1) is 13.4. The minimum Gasteiger partial charge on any atom is -0.379 e. The number of nitrogens with zero attached hydrogens (tertiary/aromatic N) is 2. The van der Waals surface area contributed by atoms with E-state index in [9.17, 15) is 14.5 Å². The number of hydrogen-bond acceptors (Lipinski definition) is 4. The van der Waals surface area contributed by atoms with E-state index in [0.29, 0.717) is 16.8 Å². The normalized spacial score (nSPS) is 10.2. The number of nitro groups is 1. The summed E-state index contributed by atoms with van der Waals surface area (Å²) in [6, 6.07) is 9.14. The number of benzene rings is 1. The number of hydrogen-bond donors (Lipinski definition) is 1. The Hall–Kier alpha value is -2.02. The lowest BCUT2D eigenvalue weighted by Crippen LogP contribution is -2.02. The maximum absolute atomic E-state index is 13.4. The first-order valence-electron chi connectivity index (χ1n) is 5.35. The highest BCUT2D eigenvalue weighted by Crippen LogP contribution is 2.21. The van der Waals surface area contributed by atoms with Gasteiger partial charge < -0.3 is 5.32 Å². The van der Waals surface area contributed by atoms with E-state index in [-0.39, 0.29) is 0 Å². The fourth-order valence-electron chi connectivity index (χ4n) is 1.51. The highest BCUT2D eigenvalue weighted by atomic mass is 79.9. The highest BCUT2D eigenvalue weighted by Gasteiger charge is 2.13. The molecule has 1 aromatic carbocycles. The zero-order chi connectivity index (χ0) is 13.8. The lowest BCUT2D eigenvalue weighted by atomic mass is 10.2. The molecule has 2 aromatic rings. The molecule has 0 bridgehead atoms. The highest BCUT2D eigenvalue weighted by molar-refractivity contribution is 9.10. The van der Waals surface area contributed by atoms with Crippen LogP contribution in [0.1, 0.15) is 5.69 Å². The van der Waals surface area contributed by atoms with Crippen molar-refractivity contribution in [1.82, 2.24) is 4.98 Å². The van der Waals surface area contributed by atoms with Crippen molar-refractivity contribution in [3.05, 3.63) is 62.6 Å². The van der Waals surface area contributed by atoms with E-state index in [4.69, 9.17) is 0 Å². The summed E-state index contributed by atoms with van der Waals surface area (Å²) in [6.07, 6.45) is 0. The topological polar surface area (TPSA) is 68.1 Å². The van der Waals surface area contributed by atoms with Crippen LogP contribution in [0.5, 0.6) is 0 Å². The molecule has 1 heterocycles. The van der Waals surface area contributed by atoms with Gasteiger partial charge >= 0.3 is 5.69 Å². The van der Waals surface area contributed by atoms with Crippen molar-refractivity contribution >= 4 is 27.3 Å². The van der Waals surface area contributed by atoms with E-state index < -0.39 is 16.4 Å². The van der Waals surface area contributed by atoms with Crippen molar-refractivity contribution in [1.29, 1.82) is 0 Å². The minimum atomic E-state index is -0.864. The van der Waals surface area contributed by atoms with Crippen LogP contribution in [0.3, 0.4) is 0 Å². The molecule has 0 aliphatic rings. The monoisotopic (exact) mass is 325 g/mol. The Labute approximate surface area is 116 Å². The van der Waals surface area contributed by atoms with E-state index in [1.807, 2.05) is 12.1 Å².